The van der Waals surface area contributed by atoms with Crippen molar-refractivity contribution in [2.45, 2.75) is 0 Å². The van der Waals surface area contributed by atoms with Gasteiger partial charge in [-0.2, -0.15) is 0 Å². The maximum Gasteiger partial charge on any atom is 0.336 e. The van der Waals surface area contributed by atoms with Gasteiger partial charge in [-0.3, -0.25) is 0 Å². The molecule has 0 saturated carbocycles. The van der Waals surface area contributed by atoms with Crippen LogP contribution in [0.5, 0.6) is 5.75 Å². The number of halogens is 3. The molecule has 1 N–H and O–H groups in total. The predicted octanol–water partition coefficient (Wildman–Crippen LogP) is 3.99. The second-order valence-electron chi connectivity index (χ2n) is 3.96. The smallest absolute Gasteiger partial charge is 0.336 e. The van der Waals surface area contributed by atoms with E-state index in [9.17, 15) is 13.6 Å². The molecular weight excluding hydrogens is 290 g/mol. The first-order valence-electron chi connectivity index (χ1n) is 5.50. The van der Waals surface area contributed by atoms with E-state index in [4.69, 9.17) is 21.4 Å². The van der Waals surface area contributed by atoms with Crippen LogP contribution in [0.15, 0.2) is 30.3 Å². The fraction of sp³-hybridized carbons (Fsp3) is 0.0714. The highest BCUT2D eigenvalue weighted by Gasteiger charge is 2.20. The van der Waals surface area contributed by atoms with Gasteiger partial charge in [0, 0.05) is 22.7 Å². The Morgan fingerprint density at radius 1 is 1.20 bits per heavy atom. The first-order valence-corrected chi connectivity index (χ1v) is 5.88. The van der Waals surface area contributed by atoms with E-state index in [1.54, 1.807) is 0 Å². The Labute approximate surface area is 118 Å². The Morgan fingerprint density at radius 3 is 2.30 bits per heavy atom. The highest BCUT2D eigenvalue weighted by molar-refractivity contribution is 6.31. The molecule has 6 heteroatoms. The quantitative estimate of drug-likeness (QED) is 0.932. The van der Waals surface area contributed by atoms with Crippen LogP contribution in [-0.4, -0.2) is 18.2 Å². The molecule has 0 fully saturated rings. The van der Waals surface area contributed by atoms with Gasteiger partial charge in [-0.05, 0) is 12.1 Å². The Bertz CT molecular complexity index is 663. The summed E-state index contributed by atoms with van der Waals surface area (Å²) in [5, 5.41) is 9.27. The number of hydrogen-bond donors (Lipinski definition) is 1. The van der Waals surface area contributed by atoms with Crippen LogP contribution in [-0.2, 0) is 0 Å². The molecule has 104 valence electrons. The summed E-state index contributed by atoms with van der Waals surface area (Å²) in [5.41, 5.74) is -0.792. The molecule has 0 unspecified atom stereocenters. The predicted molar refractivity (Wildman–Crippen MR) is 70.3 cm³/mol. The Kier molecular flexibility index (Phi) is 3.90. The third-order valence-electron chi connectivity index (χ3n) is 2.73. The summed E-state index contributed by atoms with van der Waals surface area (Å²) >= 11 is 5.70. The first-order chi connectivity index (χ1) is 9.43. The van der Waals surface area contributed by atoms with E-state index in [2.05, 4.69) is 0 Å². The van der Waals surface area contributed by atoms with Gasteiger partial charge < -0.3 is 9.84 Å². The average molecular weight is 299 g/mol. The molecule has 2 rings (SSSR count). The zero-order valence-corrected chi connectivity index (χ0v) is 11.0. The molecule has 2 aromatic rings. The molecule has 0 aromatic heterocycles. The topological polar surface area (TPSA) is 46.5 Å². The van der Waals surface area contributed by atoms with Crippen LogP contribution in [0, 0.1) is 11.6 Å². The second-order valence-corrected chi connectivity index (χ2v) is 4.40. The Balaban J connectivity index is 2.72. The highest BCUT2D eigenvalue weighted by atomic mass is 35.5. The molecule has 20 heavy (non-hydrogen) atoms. The number of aromatic carboxylic acids is 1. The summed E-state index contributed by atoms with van der Waals surface area (Å²) in [5.74, 6) is -3.13. The summed E-state index contributed by atoms with van der Waals surface area (Å²) in [4.78, 5) is 11.2. The number of methoxy groups -OCH3 is 1. The molecule has 2 aromatic carbocycles. The summed E-state index contributed by atoms with van der Waals surface area (Å²) in [6.07, 6.45) is 0. The zero-order valence-electron chi connectivity index (χ0n) is 10.3. The zero-order chi connectivity index (χ0) is 14.9. The Hall–Kier alpha value is -2.14. The van der Waals surface area contributed by atoms with Crippen molar-refractivity contribution in [3.05, 3.63) is 52.6 Å². The van der Waals surface area contributed by atoms with E-state index in [1.165, 1.54) is 19.2 Å². The summed E-state index contributed by atoms with van der Waals surface area (Å²) in [6.45, 7) is 0. The molecule has 0 spiro atoms. The van der Waals surface area contributed by atoms with Crippen LogP contribution in [0.3, 0.4) is 0 Å². The summed E-state index contributed by atoms with van der Waals surface area (Å²) < 4.78 is 32.7. The number of ether oxygens (including phenoxy) is 1. The van der Waals surface area contributed by atoms with Gasteiger partial charge >= 0.3 is 5.97 Å². The molecule has 0 radical (unpaired) electrons. The largest absolute Gasteiger partial charge is 0.497 e. The van der Waals surface area contributed by atoms with Gasteiger partial charge in [0.05, 0.1) is 18.2 Å². The van der Waals surface area contributed by atoms with Crippen LogP contribution in [0.2, 0.25) is 5.02 Å². The molecule has 0 amide bonds. The molecule has 0 aliphatic rings. The van der Waals surface area contributed by atoms with Crippen molar-refractivity contribution < 1.29 is 23.4 Å². The van der Waals surface area contributed by atoms with Gasteiger partial charge in [-0.15, -0.1) is 0 Å². The minimum absolute atomic E-state index is 0.00888. The third kappa shape index (κ3) is 2.58. The van der Waals surface area contributed by atoms with Crippen LogP contribution >= 0.6 is 11.6 Å². The Morgan fingerprint density at radius 2 is 1.80 bits per heavy atom. The highest BCUT2D eigenvalue weighted by Crippen LogP contribution is 2.33. The van der Waals surface area contributed by atoms with Crippen molar-refractivity contribution in [3.8, 4) is 16.9 Å². The van der Waals surface area contributed by atoms with Crippen molar-refractivity contribution in [3.63, 3.8) is 0 Å². The van der Waals surface area contributed by atoms with E-state index in [1.807, 2.05) is 0 Å². The van der Waals surface area contributed by atoms with Gasteiger partial charge in [0.15, 0.2) is 0 Å². The van der Waals surface area contributed by atoms with E-state index in [0.29, 0.717) is 0 Å². The van der Waals surface area contributed by atoms with Crippen molar-refractivity contribution >= 4 is 17.6 Å². The third-order valence-corrected chi connectivity index (χ3v) is 2.97. The fourth-order valence-corrected chi connectivity index (χ4v) is 2.01. The number of carboxylic acids is 1. The van der Waals surface area contributed by atoms with Gasteiger partial charge in [0.2, 0.25) is 0 Å². The average Bonchev–Trinajstić information content (AvgIpc) is 2.39. The van der Waals surface area contributed by atoms with Crippen LogP contribution in [0.25, 0.3) is 11.1 Å². The van der Waals surface area contributed by atoms with Crippen LogP contribution in [0.1, 0.15) is 10.4 Å². The lowest BCUT2D eigenvalue weighted by Crippen LogP contribution is -2.02. The standard InChI is InChI=1S/C14H9ClF2O3/c1-20-8-5-11(16)13(12(17)6-8)9-3-2-7(15)4-10(9)14(18)19/h2-6H,1H3,(H,18,19). The molecule has 0 atom stereocenters. The number of carbonyl (C=O) groups is 1. The first kappa shape index (κ1) is 14.3. The van der Waals surface area contributed by atoms with Gasteiger partial charge in [-0.1, -0.05) is 17.7 Å². The summed E-state index contributed by atoms with van der Waals surface area (Å²) in [7, 11) is 1.28. The molecule has 3 nitrogen and oxygen atoms in total. The maximum absolute atomic E-state index is 14.0. The minimum Gasteiger partial charge on any atom is -0.497 e. The summed E-state index contributed by atoms with van der Waals surface area (Å²) in [6, 6.07) is 5.74. The van der Waals surface area contributed by atoms with Crippen LogP contribution < -0.4 is 4.74 Å². The fourth-order valence-electron chi connectivity index (χ4n) is 1.84. The second kappa shape index (κ2) is 5.46. The number of rotatable bonds is 3. The molecule has 0 aliphatic carbocycles. The lowest BCUT2D eigenvalue weighted by atomic mass is 9.98. The normalized spacial score (nSPS) is 10.4. The number of benzene rings is 2. The SMILES string of the molecule is COc1cc(F)c(-c2ccc(Cl)cc2C(=O)O)c(F)c1. The molecular formula is C14H9ClF2O3. The number of hydrogen-bond acceptors (Lipinski definition) is 2. The molecule has 0 aliphatic heterocycles. The van der Waals surface area contributed by atoms with Gasteiger partial charge in [-0.25, -0.2) is 13.6 Å². The van der Waals surface area contributed by atoms with E-state index >= 15 is 0 Å². The lowest BCUT2D eigenvalue weighted by molar-refractivity contribution is 0.0697. The maximum atomic E-state index is 14.0. The molecule has 0 saturated heterocycles. The molecule has 0 bridgehead atoms. The monoisotopic (exact) mass is 298 g/mol. The van der Waals surface area contributed by atoms with Gasteiger partial charge in [0.1, 0.15) is 17.4 Å². The van der Waals surface area contributed by atoms with E-state index in [0.717, 1.165) is 18.2 Å². The van der Waals surface area contributed by atoms with Crippen molar-refractivity contribution in [1.82, 2.24) is 0 Å². The lowest BCUT2D eigenvalue weighted by Gasteiger charge is -2.10. The van der Waals surface area contributed by atoms with E-state index < -0.39 is 23.2 Å². The van der Waals surface area contributed by atoms with Gasteiger partial charge in [0.25, 0.3) is 0 Å². The van der Waals surface area contributed by atoms with E-state index in [-0.39, 0.29) is 21.9 Å². The van der Waals surface area contributed by atoms with Crippen molar-refractivity contribution in [1.29, 1.82) is 0 Å². The van der Waals surface area contributed by atoms with Crippen LogP contribution in [0.4, 0.5) is 8.78 Å². The molecule has 0 heterocycles. The van der Waals surface area contributed by atoms with Crippen molar-refractivity contribution in [2.24, 2.45) is 0 Å². The minimum atomic E-state index is -1.32. The van der Waals surface area contributed by atoms with Crippen molar-refractivity contribution in [2.75, 3.05) is 7.11 Å². The number of carboxylic acid groups (broad SMARTS) is 1.